The van der Waals surface area contributed by atoms with Gasteiger partial charge in [0, 0.05) is 24.1 Å². The first-order valence-corrected chi connectivity index (χ1v) is 10.8. The Balaban J connectivity index is 1.65. The van der Waals surface area contributed by atoms with Gasteiger partial charge >= 0.3 is 5.97 Å². The molecule has 2 atom stereocenters. The Hall–Kier alpha value is -3.38. The molecule has 1 heterocycles. The van der Waals surface area contributed by atoms with E-state index < -0.39 is 18.0 Å². The number of hydrogen-bond donors (Lipinski definition) is 2. The topological polar surface area (TPSA) is 84.5 Å². The van der Waals surface area contributed by atoms with Crippen molar-refractivity contribution in [3.8, 4) is 0 Å². The van der Waals surface area contributed by atoms with Crippen LogP contribution in [0.5, 0.6) is 0 Å². The number of ether oxygens (including phenoxy) is 1. The Morgan fingerprint density at radius 3 is 2.56 bits per heavy atom. The second-order valence-electron chi connectivity index (χ2n) is 7.41. The Bertz CT molecular complexity index is 987. The van der Waals surface area contributed by atoms with Gasteiger partial charge in [-0.15, -0.1) is 0 Å². The van der Waals surface area contributed by atoms with Gasteiger partial charge in [0.2, 0.25) is 11.8 Å². The number of carbonyl (C=O) groups is 3. The number of halogens is 1. The van der Waals surface area contributed by atoms with Gasteiger partial charge < -0.3 is 15.4 Å². The predicted octanol–water partition coefficient (Wildman–Crippen LogP) is 3.88. The number of cyclic esters (lactones) is 1. The van der Waals surface area contributed by atoms with Gasteiger partial charge in [-0.05, 0) is 29.7 Å². The van der Waals surface area contributed by atoms with Crippen molar-refractivity contribution >= 4 is 29.4 Å². The van der Waals surface area contributed by atoms with E-state index in [0.717, 1.165) is 11.1 Å². The maximum atomic E-state index is 12.8. The second kappa shape index (κ2) is 11.9. The molecule has 0 unspecified atom stereocenters. The largest absolute Gasteiger partial charge is 0.452 e. The fraction of sp³-hybridized carbons (Fsp3) is 0.240. The van der Waals surface area contributed by atoms with Crippen LogP contribution in [-0.2, 0) is 25.7 Å². The van der Waals surface area contributed by atoms with Crippen LogP contribution in [0.2, 0.25) is 5.02 Å². The van der Waals surface area contributed by atoms with Crippen molar-refractivity contribution in [2.75, 3.05) is 6.54 Å². The molecule has 6 nitrogen and oxygen atoms in total. The van der Waals surface area contributed by atoms with E-state index in [1.807, 2.05) is 42.5 Å². The predicted molar refractivity (Wildman–Crippen MR) is 123 cm³/mol. The molecule has 2 aromatic rings. The van der Waals surface area contributed by atoms with Crippen LogP contribution >= 0.6 is 11.6 Å². The fourth-order valence-electron chi connectivity index (χ4n) is 3.25. The van der Waals surface area contributed by atoms with Crippen molar-refractivity contribution in [3.63, 3.8) is 0 Å². The molecule has 7 heteroatoms. The Labute approximate surface area is 192 Å². The first-order valence-electron chi connectivity index (χ1n) is 10.4. The van der Waals surface area contributed by atoms with Gasteiger partial charge in [0.15, 0.2) is 0 Å². The highest BCUT2D eigenvalue weighted by Gasteiger charge is 2.23. The molecule has 0 radical (unpaired) electrons. The van der Waals surface area contributed by atoms with Gasteiger partial charge in [-0.25, -0.2) is 4.79 Å². The normalized spacial score (nSPS) is 21.3. The van der Waals surface area contributed by atoms with Crippen molar-refractivity contribution < 1.29 is 19.1 Å². The molecule has 0 fully saturated rings. The Morgan fingerprint density at radius 2 is 1.81 bits per heavy atom. The molecule has 1 aliphatic heterocycles. The van der Waals surface area contributed by atoms with E-state index in [1.165, 1.54) is 6.08 Å². The maximum absolute atomic E-state index is 12.8. The lowest BCUT2D eigenvalue weighted by Gasteiger charge is -2.21. The van der Waals surface area contributed by atoms with Gasteiger partial charge in [0.1, 0.15) is 6.10 Å². The first kappa shape index (κ1) is 23.3. The van der Waals surface area contributed by atoms with Crippen molar-refractivity contribution in [2.45, 2.75) is 25.5 Å². The van der Waals surface area contributed by atoms with Crippen LogP contribution in [0.15, 0.2) is 78.9 Å². The van der Waals surface area contributed by atoms with Crippen LogP contribution in [0.4, 0.5) is 0 Å². The van der Waals surface area contributed by atoms with Crippen LogP contribution < -0.4 is 10.6 Å². The quantitative estimate of drug-likeness (QED) is 0.674. The molecule has 0 aliphatic carbocycles. The molecule has 1 aliphatic rings. The number of carbonyl (C=O) groups excluding carboxylic acids is 3. The van der Waals surface area contributed by atoms with E-state index in [1.54, 1.807) is 30.4 Å². The second-order valence-corrected chi connectivity index (χ2v) is 7.85. The SMILES string of the molecule is O=C(C[C@@H]1C/C=C/C=C\C(=O)O[C@H](c2ccccc2)CNC1=O)NCc1ccc(Cl)cc1. The van der Waals surface area contributed by atoms with Gasteiger partial charge in [0.05, 0.1) is 12.5 Å². The van der Waals surface area contributed by atoms with Gasteiger partial charge in [0.25, 0.3) is 0 Å². The third kappa shape index (κ3) is 7.39. The van der Waals surface area contributed by atoms with E-state index in [0.29, 0.717) is 18.0 Å². The van der Waals surface area contributed by atoms with E-state index in [4.69, 9.17) is 16.3 Å². The first-order chi connectivity index (χ1) is 15.5. The molecule has 166 valence electrons. The van der Waals surface area contributed by atoms with E-state index in [-0.39, 0.29) is 24.8 Å². The minimum Gasteiger partial charge on any atom is -0.452 e. The summed E-state index contributed by atoms with van der Waals surface area (Å²) < 4.78 is 5.51. The summed E-state index contributed by atoms with van der Waals surface area (Å²) in [7, 11) is 0. The zero-order chi connectivity index (χ0) is 22.8. The lowest BCUT2D eigenvalue weighted by atomic mass is 9.98. The molecule has 0 bridgehead atoms. The molecule has 0 saturated heterocycles. The number of rotatable bonds is 5. The van der Waals surface area contributed by atoms with E-state index in [2.05, 4.69) is 10.6 Å². The lowest BCUT2D eigenvalue weighted by molar-refractivity contribution is -0.144. The summed E-state index contributed by atoms with van der Waals surface area (Å²) in [6, 6.07) is 16.4. The minimum absolute atomic E-state index is 0.0449. The number of nitrogens with one attached hydrogen (secondary N) is 2. The third-order valence-electron chi connectivity index (χ3n) is 5.00. The van der Waals surface area contributed by atoms with Crippen molar-refractivity contribution in [1.29, 1.82) is 0 Å². The van der Waals surface area contributed by atoms with Crippen LogP contribution in [0.25, 0.3) is 0 Å². The molecular weight excluding hydrogens is 428 g/mol. The average Bonchev–Trinajstić information content (AvgIpc) is 2.80. The summed E-state index contributed by atoms with van der Waals surface area (Å²) in [6.07, 6.45) is 6.13. The highest BCUT2D eigenvalue weighted by Crippen LogP contribution is 2.18. The molecule has 32 heavy (non-hydrogen) atoms. The summed E-state index contributed by atoms with van der Waals surface area (Å²) in [5.41, 5.74) is 1.70. The molecule has 2 N–H and O–H groups in total. The van der Waals surface area contributed by atoms with Crippen molar-refractivity contribution in [2.24, 2.45) is 5.92 Å². The highest BCUT2D eigenvalue weighted by atomic mass is 35.5. The molecular formula is C25H25ClN2O4. The maximum Gasteiger partial charge on any atom is 0.331 e. The number of allylic oxidation sites excluding steroid dienone is 3. The van der Waals surface area contributed by atoms with Crippen molar-refractivity contribution in [1.82, 2.24) is 10.6 Å². The molecule has 2 aromatic carbocycles. The summed E-state index contributed by atoms with van der Waals surface area (Å²) in [5.74, 6) is -1.52. The molecule has 0 saturated carbocycles. The number of hydrogen-bond acceptors (Lipinski definition) is 4. The van der Waals surface area contributed by atoms with Crippen LogP contribution in [0, 0.1) is 5.92 Å². The van der Waals surface area contributed by atoms with E-state index >= 15 is 0 Å². The zero-order valence-electron chi connectivity index (χ0n) is 17.5. The van der Waals surface area contributed by atoms with Crippen molar-refractivity contribution in [3.05, 3.63) is 95.1 Å². The van der Waals surface area contributed by atoms with Crippen LogP contribution in [0.1, 0.15) is 30.1 Å². The monoisotopic (exact) mass is 452 g/mol. The highest BCUT2D eigenvalue weighted by molar-refractivity contribution is 6.30. The molecule has 3 rings (SSSR count). The Kier molecular flexibility index (Phi) is 8.63. The minimum atomic E-state index is -0.625. The van der Waals surface area contributed by atoms with Gasteiger partial charge in [-0.3, -0.25) is 9.59 Å². The summed E-state index contributed by atoms with van der Waals surface area (Å²) in [6.45, 7) is 0.476. The van der Waals surface area contributed by atoms with E-state index in [9.17, 15) is 14.4 Å². The average molecular weight is 453 g/mol. The molecule has 0 spiro atoms. The number of esters is 1. The Morgan fingerprint density at radius 1 is 1.06 bits per heavy atom. The van der Waals surface area contributed by atoms with Crippen LogP contribution in [0.3, 0.4) is 0 Å². The fourth-order valence-corrected chi connectivity index (χ4v) is 3.38. The summed E-state index contributed by atoms with van der Waals surface area (Å²) in [5, 5.41) is 6.31. The zero-order valence-corrected chi connectivity index (χ0v) is 18.3. The van der Waals surface area contributed by atoms with Crippen LogP contribution in [-0.4, -0.2) is 24.3 Å². The number of benzene rings is 2. The molecule has 0 aromatic heterocycles. The lowest BCUT2D eigenvalue weighted by Crippen LogP contribution is -2.37. The number of amides is 2. The molecule has 2 amide bonds. The standard InChI is InChI=1S/C25H25ClN2O4/c26-21-13-11-18(12-14-21)16-27-23(29)15-20-9-5-2-6-10-24(30)32-22(17-28-25(20)31)19-7-3-1-4-8-19/h1-8,10-14,20,22H,9,15-17H2,(H,27,29)(H,28,31)/b5-2+,10-6-/t20-,22-/m0/s1. The smallest absolute Gasteiger partial charge is 0.331 e. The summed E-state index contributed by atoms with van der Waals surface area (Å²) in [4.78, 5) is 37.4. The summed E-state index contributed by atoms with van der Waals surface area (Å²) >= 11 is 5.88. The third-order valence-corrected chi connectivity index (χ3v) is 5.25. The van der Waals surface area contributed by atoms with Gasteiger partial charge in [-0.2, -0.15) is 0 Å². The van der Waals surface area contributed by atoms with Gasteiger partial charge in [-0.1, -0.05) is 72.3 Å².